The highest BCUT2D eigenvalue weighted by Gasteiger charge is 2.63. The van der Waals surface area contributed by atoms with Crippen LogP contribution in [0.5, 0.6) is 0 Å². The Balaban J connectivity index is 1.42. The Labute approximate surface area is 247 Å². The van der Waals surface area contributed by atoms with Crippen LogP contribution in [0.25, 0.3) is 22.2 Å². The smallest absolute Gasteiger partial charge is 0.303 e. The van der Waals surface area contributed by atoms with Crippen molar-refractivity contribution in [3.8, 4) is 11.3 Å². The van der Waals surface area contributed by atoms with Gasteiger partial charge in [-0.2, -0.15) is 12.7 Å². The lowest BCUT2D eigenvalue weighted by Crippen LogP contribution is -2.45. The van der Waals surface area contributed by atoms with Crippen LogP contribution >= 0.6 is 0 Å². The maximum absolute atomic E-state index is 14.3. The summed E-state index contributed by atoms with van der Waals surface area (Å²) in [6.07, 6.45) is 6.62. The zero-order valence-corrected chi connectivity index (χ0v) is 25.1. The van der Waals surface area contributed by atoms with Gasteiger partial charge in [-0.25, -0.2) is 4.72 Å². The van der Waals surface area contributed by atoms with Crippen LogP contribution < -0.4 is 4.72 Å². The molecule has 1 N–H and O–H groups in total. The third-order valence-electron chi connectivity index (χ3n) is 9.91. The van der Waals surface area contributed by atoms with Crippen LogP contribution in [0.3, 0.4) is 0 Å². The highest BCUT2D eigenvalue weighted by Crippen LogP contribution is 2.65. The molecule has 3 aromatic rings. The first-order chi connectivity index (χ1) is 20.2. The number of nitrogens with zero attached hydrogens (tertiary/aromatic N) is 3. The van der Waals surface area contributed by atoms with E-state index in [1.807, 2.05) is 17.0 Å². The van der Waals surface area contributed by atoms with Gasteiger partial charge < -0.3 is 14.2 Å². The molecule has 0 spiro atoms. The van der Waals surface area contributed by atoms with Crippen molar-refractivity contribution in [2.45, 2.75) is 56.9 Å². The Kier molecular flexibility index (Phi) is 6.71. The Bertz CT molecular complexity index is 1680. The number of hydrogen-bond acceptors (Lipinski definition) is 5. The number of aromatic nitrogens is 1. The number of nitrogens with one attached hydrogen (secondary N) is 1. The van der Waals surface area contributed by atoms with Gasteiger partial charge in [-0.05, 0) is 48.4 Å². The molecule has 1 saturated heterocycles. The van der Waals surface area contributed by atoms with Gasteiger partial charge in [-0.15, -0.1) is 0 Å². The van der Waals surface area contributed by atoms with Crippen LogP contribution in [0.15, 0.2) is 42.5 Å². The summed E-state index contributed by atoms with van der Waals surface area (Å²) in [6.45, 7) is 2.85. The van der Waals surface area contributed by atoms with Gasteiger partial charge in [0.1, 0.15) is 0 Å². The van der Waals surface area contributed by atoms with E-state index >= 15 is 0 Å². The van der Waals surface area contributed by atoms with Crippen molar-refractivity contribution < 1.29 is 22.7 Å². The van der Waals surface area contributed by atoms with Crippen molar-refractivity contribution in [3.63, 3.8) is 0 Å². The molecule has 2 aliphatic carbocycles. The Hall–Kier alpha value is -3.21. The number of carbonyl (C=O) groups is 2. The summed E-state index contributed by atoms with van der Waals surface area (Å²) < 4.78 is 35.9. The first-order valence-electron chi connectivity index (χ1n) is 15.1. The lowest BCUT2D eigenvalue weighted by Gasteiger charge is -2.31. The lowest BCUT2D eigenvalue weighted by molar-refractivity contribution is -0.141. The quantitative estimate of drug-likeness (QED) is 0.479. The molecule has 0 bridgehead atoms. The molecule has 2 atom stereocenters. The topological polar surface area (TPSA) is 101 Å². The number of fused-ring (bicyclic) bond motifs is 7. The van der Waals surface area contributed by atoms with Crippen molar-refractivity contribution in [2.75, 3.05) is 40.4 Å². The fraction of sp³-hybridized carbons (Fsp3) is 0.500. The number of rotatable bonds is 5. The molecular formula is C32H38N4O5S. The summed E-state index contributed by atoms with van der Waals surface area (Å²) in [5.41, 5.74) is 5.48. The standard InChI is InChI=1S/C32H38N4O5S/c1-34(2)42(39,40)33-30(37)22-12-13-25-27(18-22)36-20-32(31(38)35-14-16-41-17-15-35)19-26(32)23-10-6-7-11-24(23)29(36)28(25)21-8-4-3-5-9-21/h6-7,10-13,18,21,26H,3-5,8-9,14-17,19-20H2,1-2H3,(H,33,37)/t26-,32-/m1/s1. The first kappa shape index (κ1) is 27.6. The van der Waals surface area contributed by atoms with E-state index in [0.717, 1.165) is 40.2 Å². The molecule has 2 saturated carbocycles. The van der Waals surface area contributed by atoms with Crippen molar-refractivity contribution in [1.82, 2.24) is 18.5 Å². The van der Waals surface area contributed by atoms with Crippen LogP contribution in [0.1, 0.15) is 71.8 Å². The van der Waals surface area contributed by atoms with Gasteiger partial charge in [-0.1, -0.05) is 49.6 Å². The van der Waals surface area contributed by atoms with Gasteiger partial charge in [0, 0.05) is 61.7 Å². The number of hydrogen-bond donors (Lipinski definition) is 1. The molecule has 42 heavy (non-hydrogen) atoms. The molecule has 2 aromatic carbocycles. The third-order valence-corrected chi connectivity index (χ3v) is 11.3. The molecule has 2 aliphatic heterocycles. The average Bonchev–Trinajstić information content (AvgIpc) is 3.67. The number of morpholine rings is 1. The zero-order chi connectivity index (χ0) is 29.2. The second-order valence-corrected chi connectivity index (χ2v) is 14.4. The van der Waals surface area contributed by atoms with E-state index < -0.39 is 21.5 Å². The Morgan fingerprint density at radius 3 is 2.50 bits per heavy atom. The highest BCUT2D eigenvalue weighted by molar-refractivity contribution is 7.87. The monoisotopic (exact) mass is 590 g/mol. The predicted octanol–water partition coefficient (Wildman–Crippen LogP) is 4.24. The van der Waals surface area contributed by atoms with Crippen molar-refractivity contribution >= 4 is 32.9 Å². The van der Waals surface area contributed by atoms with E-state index in [-0.39, 0.29) is 17.4 Å². The van der Waals surface area contributed by atoms with Gasteiger partial charge in [0.15, 0.2) is 0 Å². The summed E-state index contributed by atoms with van der Waals surface area (Å²) in [5.74, 6) is 0.0397. The number of ether oxygens (including phenoxy) is 1. The minimum absolute atomic E-state index is 0.134. The molecule has 7 rings (SSSR count). The molecule has 0 unspecified atom stereocenters. The summed E-state index contributed by atoms with van der Waals surface area (Å²) >= 11 is 0. The maximum Gasteiger partial charge on any atom is 0.303 e. The third kappa shape index (κ3) is 4.37. The SMILES string of the molecule is CN(C)S(=O)(=O)NC(=O)c1ccc2c(C3CCCCC3)c3n(c2c1)C[C@]1(C(=O)N2CCOCC2)C[C@@H]1c1ccccc1-3. The van der Waals surface area contributed by atoms with Crippen LogP contribution in [-0.4, -0.2) is 74.4 Å². The first-order valence-corrected chi connectivity index (χ1v) is 16.5. The second kappa shape index (κ2) is 10.2. The molecular weight excluding hydrogens is 552 g/mol. The van der Waals surface area contributed by atoms with E-state index in [9.17, 15) is 18.0 Å². The predicted molar refractivity (Wildman–Crippen MR) is 160 cm³/mol. The highest BCUT2D eigenvalue weighted by atomic mass is 32.2. The van der Waals surface area contributed by atoms with Crippen molar-refractivity contribution in [1.29, 1.82) is 0 Å². The molecule has 9 nitrogen and oxygen atoms in total. The average molecular weight is 591 g/mol. The van der Waals surface area contributed by atoms with E-state index in [1.54, 1.807) is 6.07 Å². The normalized spacial score (nSPS) is 24.1. The van der Waals surface area contributed by atoms with Gasteiger partial charge >= 0.3 is 10.2 Å². The van der Waals surface area contributed by atoms with Crippen LogP contribution in [0.2, 0.25) is 0 Å². The summed E-state index contributed by atoms with van der Waals surface area (Å²) in [5, 5.41) is 1.09. The minimum Gasteiger partial charge on any atom is -0.378 e. The molecule has 10 heteroatoms. The van der Waals surface area contributed by atoms with Gasteiger partial charge in [0.2, 0.25) is 5.91 Å². The zero-order valence-electron chi connectivity index (χ0n) is 24.3. The van der Waals surface area contributed by atoms with E-state index in [2.05, 4.69) is 33.6 Å². The van der Waals surface area contributed by atoms with Crippen LogP contribution in [0.4, 0.5) is 0 Å². The second-order valence-electron chi connectivity index (χ2n) is 12.5. The van der Waals surface area contributed by atoms with Gasteiger partial charge in [0.05, 0.1) is 24.3 Å². The Morgan fingerprint density at radius 2 is 1.76 bits per heavy atom. The fourth-order valence-electron chi connectivity index (χ4n) is 7.62. The number of carbonyl (C=O) groups excluding carboxylic acids is 2. The van der Waals surface area contributed by atoms with Gasteiger partial charge in [0.25, 0.3) is 5.91 Å². The Morgan fingerprint density at radius 1 is 1.02 bits per heavy atom. The summed E-state index contributed by atoms with van der Waals surface area (Å²) in [6, 6.07) is 14.1. The molecule has 4 aliphatic rings. The van der Waals surface area contributed by atoms with E-state index in [0.29, 0.717) is 38.8 Å². The van der Waals surface area contributed by atoms with Crippen LogP contribution in [0, 0.1) is 5.41 Å². The molecule has 0 radical (unpaired) electrons. The van der Waals surface area contributed by atoms with Crippen LogP contribution in [-0.2, 0) is 26.3 Å². The number of benzene rings is 2. The molecule has 222 valence electrons. The lowest BCUT2D eigenvalue weighted by atomic mass is 9.81. The van der Waals surface area contributed by atoms with Crippen molar-refractivity contribution in [3.05, 3.63) is 59.2 Å². The molecule has 2 amide bonds. The fourth-order valence-corrected chi connectivity index (χ4v) is 8.15. The molecule has 1 aromatic heterocycles. The minimum atomic E-state index is -3.94. The van der Waals surface area contributed by atoms with E-state index in [4.69, 9.17) is 4.74 Å². The van der Waals surface area contributed by atoms with Gasteiger partial charge in [-0.3, -0.25) is 9.59 Å². The largest absolute Gasteiger partial charge is 0.378 e. The maximum atomic E-state index is 14.3. The molecule has 3 heterocycles. The summed E-state index contributed by atoms with van der Waals surface area (Å²) in [4.78, 5) is 29.4. The van der Waals surface area contributed by atoms with Crippen molar-refractivity contribution in [2.24, 2.45) is 5.41 Å². The molecule has 3 fully saturated rings. The van der Waals surface area contributed by atoms with E-state index in [1.165, 1.54) is 50.0 Å². The number of amides is 2. The summed E-state index contributed by atoms with van der Waals surface area (Å²) in [7, 11) is -1.17.